The number of carboxylic acid groups (broad SMARTS) is 1. The van der Waals surface area contributed by atoms with Crippen LogP contribution >= 0.6 is 11.6 Å². The maximum absolute atomic E-state index is 11.9. The molecule has 186 valence electrons. The van der Waals surface area contributed by atoms with Crippen LogP contribution in [0.4, 0.5) is 0 Å². The van der Waals surface area contributed by atoms with E-state index in [0.717, 1.165) is 47.2 Å². The first-order valence-electron chi connectivity index (χ1n) is 11.4. The summed E-state index contributed by atoms with van der Waals surface area (Å²) in [5, 5.41) is 18.7. The van der Waals surface area contributed by atoms with Gasteiger partial charge in [-0.05, 0) is 61.6 Å². The molecular weight excluding hydrogens is 488 g/mol. The lowest BCUT2D eigenvalue weighted by atomic mass is 9.92. The van der Waals surface area contributed by atoms with E-state index in [1.165, 1.54) is 6.26 Å². The Morgan fingerprint density at radius 3 is 2.23 bits per heavy atom. The SMILES string of the molecule is Cc1ccc(-c2ncc(Cl)c(CCCCCCC(O)C(=O)O)c2-c2ccc(S(C)(=O)=O)cc2)cn1. The number of carboxylic acids is 1. The van der Waals surface area contributed by atoms with Crippen LogP contribution in [0.1, 0.15) is 43.4 Å². The molecule has 0 radical (unpaired) electrons. The molecule has 0 aliphatic rings. The molecule has 0 amide bonds. The lowest BCUT2D eigenvalue weighted by Gasteiger charge is -2.17. The number of sulfone groups is 1. The summed E-state index contributed by atoms with van der Waals surface area (Å²) in [6, 6.07) is 10.6. The largest absolute Gasteiger partial charge is 0.479 e. The normalized spacial score (nSPS) is 12.5. The third kappa shape index (κ3) is 7.10. The van der Waals surface area contributed by atoms with Crippen molar-refractivity contribution in [1.29, 1.82) is 0 Å². The number of aromatic nitrogens is 2. The Kier molecular flexibility index (Phi) is 8.99. The highest BCUT2D eigenvalue weighted by Gasteiger charge is 2.18. The van der Waals surface area contributed by atoms with E-state index < -0.39 is 21.9 Å². The third-order valence-electron chi connectivity index (χ3n) is 5.83. The van der Waals surface area contributed by atoms with Gasteiger partial charge in [0.1, 0.15) is 0 Å². The van der Waals surface area contributed by atoms with E-state index in [1.807, 2.05) is 19.1 Å². The molecule has 3 rings (SSSR count). The topological polar surface area (TPSA) is 117 Å². The van der Waals surface area contributed by atoms with E-state index in [0.29, 0.717) is 23.6 Å². The van der Waals surface area contributed by atoms with Gasteiger partial charge in [0.05, 0.1) is 15.6 Å². The lowest BCUT2D eigenvalue weighted by Crippen LogP contribution is -2.18. The van der Waals surface area contributed by atoms with Gasteiger partial charge in [-0.1, -0.05) is 43.0 Å². The number of rotatable bonds is 11. The van der Waals surface area contributed by atoms with Crippen LogP contribution in [-0.2, 0) is 21.1 Å². The van der Waals surface area contributed by atoms with E-state index in [-0.39, 0.29) is 11.3 Å². The minimum atomic E-state index is -3.33. The van der Waals surface area contributed by atoms with Crippen LogP contribution < -0.4 is 0 Å². The van der Waals surface area contributed by atoms with E-state index >= 15 is 0 Å². The van der Waals surface area contributed by atoms with Gasteiger partial charge in [-0.3, -0.25) is 9.97 Å². The second-order valence-corrected chi connectivity index (χ2v) is 11.0. The highest BCUT2D eigenvalue weighted by atomic mass is 35.5. The van der Waals surface area contributed by atoms with Crippen molar-refractivity contribution in [1.82, 2.24) is 9.97 Å². The fraction of sp³-hybridized carbons (Fsp3) is 0.346. The predicted molar refractivity (Wildman–Crippen MR) is 136 cm³/mol. The highest BCUT2D eigenvalue weighted by Crippen LogP contribution is 2.38. The van der Waals surface area contributed by atoms with Crippen molar-refractivity contribution in [2.24, 2.45) is 0 Å². The third-order valence-corrected chi connectivity index (χ3v) is 7.28. The van der Waals surface area contributed by atoms with Crippen LogP contribution in [0.5, 0.6) is 0 Å². The van der Waals surface area contributed by atoms with Gasteiger partial charge in [0, 0.05) is 35.5 Å². The van der Waals surface area contributed by atoms with Crippen LogP contribution in [0.2, 0.25) is 5.02 Å². The second-order valence-electron chi connectivity index (χ2n) is 8.60. The van der Waals surface area contributed by atoms with Gasteiger partial charge in [0.15, 0.2) is 15.9 Å². The van der Waals surface area contributed by atoms with Crippen LogP contribution in [0.25, 0.3) is 22.4 Å². The molecule has 0 aliphatic carbocycles. The molecule has 0 bridgehead atoms. The summed E-state index contributed by atoms with van der Waals surface area (Å²) >= 11 is 6.61. The van der Waals surface area contributed by atoms with E-state index in [2.05, 4.69) is 9.97 Å². The number of carbonyl (C=O) groups is 1. The smallest absolute Gasteiger partial charge is 0.332 e. The first kappa shape index (κ1) is 26.8. The summed E-state index contributed by atoms with van der Waals surface area (Å²) in [4.78, 5) is 20.0. The predicted octanol–water partition coefficient (Wildman–Crippen LogP) is 5.11. The molecule has 9 heteroatoms. The van der Waals surface area contributed by atoms with Gasteiger partial charge in [0.2, 0.25) is 0 Å². The second kappa shape index (κ2) is 11.7. The number of aliphatic hydroxyl groups is 1. The Morgan fingerprint density at radius 1 is 0.971 bits per heavy atom. The Hall–Kier alpha value is -2.81. The standard InChI is InChI=1S/C26H29ClN2O5S/c1-17-9-10-19(15-28-17)25-24(18-11-13-20(14-12-18)35(2,33)34)21(22(27)16-29-25)7-5-3-4-6-8-23(30)26(31)32/h9-16,23,30H,3-8H2,1-2H3,(H,31,32). The minimum Gasteiger partial charge on any atom is -0.479 e. The van der Waals surface area contributed by atoms with E-state index in [4.69, 9.17) is 16.7 Å². The van der Waals surface area contributed by atoms with Gasteiger partial charge in [-0.25, -0.2) is 13.2 Å². The Labute approximate surface area is 210 Å². The van der Waals surface area contributed by atoms with Crippen molar-refractivity contribution in [3.8, 4) is 22.4 Å². The summed E-state index contributed by atoms with van der Waals surface area (Å²) in [5.74, 6) is -1.20. The maximum Gasteiger partial charge on any atom is 0.332 e. The molecule has 1 unspecified atom stereocenters. The van der Waals surface area contributed by atoms with Crippen molar-refractivity contribution in [2.75, 3.05) is 6.26 Å². The van der Waals surface area contributed by atoms with Crippen molar-refractivity contribution < 1.29 is 23.4 Å². The van der Waals surface area contributed by atoms with Crippen molar-refractivity contribution >= 4 is 27.4 Å². The van der Waals surface area contributed by atoms with Gasteiger partial charge >= 0.3 is 5.97 Å². The molecule has 0 spiro atoms. The maximum atomic E-state index is 11.9. The molecule has 0 aliphatic heterocycles. The van der Waals surface area contributed by atoms with Gasteiger partial charge < -0.3 is 10.2 Å². The molecule has 1 atom stereocenters. The minimum absolute atomic E-state index is 0.230. The fourth-order valence-electron chi connectivity index (χ4n) is 3.89. The Morgan fingerprint density at radius 2 is 1.63 bits per heavy atom. The fourth-order valence-corrected chi connectivity index (χ4v) is 4.76. The zero-order valence-corrected chi connectivity index (χ0v) is 21.3. The Balaban J connectivity index is 1.91. The molecule has 35 heavy (non-hydrogen) atoms. The number of aliphatic hydroxyl groups excluding tert-OH is 1. The summed E-state index contributed by atoms with van der Waals surface area (Å²) in [5.41, 5.74) is 4.99. The monoisotopic (exact) mass is 516 g/mol. The molecule has 2 N–H and O–H groups in total. The van der Waals surface area contributed by atoms with E-state index in [9.17, 15) is 18.3 Å². The molecule has 2 aromatic heterocycles. The summed E-state index contributed by atoms with van der Waals surface area (Å²) in [6.07, 6.45) is 7.21. The number of aryl methyl sites for hydroxylation is 1. The van der Waals surface area contributed by atoms with Crippen LogP contribution in [0, 0.1) is 6.92 Å². The lowest BCUT2D eigenvalue weighted by molar-refractivity contribution is -0.146. The molecule has 2 heterocycles. The summed E-state index contributed by atoms with van der Waals surface area (Å²) in [6.45, 7) is 1.91. The zero-order chi connectivity index (χ0) is 25.6. The number of nitrogens with zero attached hydrogens (tertiary/aromatic N) is 2. The first-order valence-corrected chi connectivity index (χ1v) is 13.7. The van der Waals surface area contributed by atoms with Gasteiger partial charge in [-0.2, -0.15) is 0 Å². The average Bonchev–Trinajstić information content (AvgIpc) is 2.82. The quantitative estimate of drug-likeness (QED) is 0.340. The van der Waals surface area contributed by atoms with Gasteiger partial charge in [0.25, 0.3) is 0 Å². The average molecular weight is 517 g/mol. The Bertz CT molecular complexity index is 1280. The highest BCUT2D eigenvalue weighted by molar-refractivity contribution is 7.90. The van der Waals surface area contributed by atoms with Gasteiger partial charge in [-0.15, -0.1) is 0 Å². The molecule has 0 saturated heterocycles. The number of unbranched alkanes of at least 4 members (excludes halogenated alkanes) is 3. The number of pyridine rings is 2. The zero-order valence-electron chi connectivity index (χ0n) is 19.7. The molecule has 1 aromatic carbocycles. The molecule has 0 saturated carbocycles. The molecule has 3 aromatic rings. The molecule has 0 fully saturated rings. The first-order chi connectivity index (χ1) is 16.6. The van der Waals surface area contributed by atoms with Crippen molar-refractivity contribution in [2.45, 2.75) is 56.4 Å². The number of benzene rings is 1. The number of hydrogen-bond donors (Lipinski definition) is 2. The van der Waals surface area contributed by atoms with Crippen molar-refractivity contribution in [3.05, 3.63) is 65.1 Å². The van der Waals surface area contributed by atoms with E-state index in [1.54, 1.807) is 36.7 Å². The summed E-state index contributed by atoms with van der Waals surface area (Å²) in [7, 11) is -3.33. The number of hydrogen-bond acceptors (Lipinski definition) is 6. The summed E-state index contributed by atoms with van der Waals surface area (Å²) < 4.78 is 23.9. The van der Waals surface area contributed by atoms with Crippen LogP contribution in [0.3, 0.4) is 0 Å². The molecule has 7 nitrogen and oxygen atoms in total. The van der Waals surface area contributed by atoms with Crippen molar-refractivity contribution in [3.63, 3.8) is 0 Å². The molecular formula is C26H29ClN2O5S. The van der Waals surface area contributed by atoms with Crippen LogP contribution in [-0.4, -0.2) is 46.9 Å². The number of halogens is 1. The van der Waals surface area contributed by atoms with Crippen LogP contribution in [0.15, 0.2) is 53.7 Å². The number of aliphatic carboxylic acids is 1.